The van der Waals surface area contributed by atoms with Gasteiger partial charge in [0.25, 0.3) is 5.56 Å². The van der Waals surface area contributed by atoms with Crippen molar-refractivity contribution in [2.45, 2.75) is 39.3 Å². The third-order valence-corrected chi connectivity index (χ3v) is 5.90. The largest absolute Gasteiger partial charge is 0.491 e. The number of H-pyrrole nitrogens is 1. The summed E-state index contributed by atoms with van der Waals surface area (Å²) in [5, 5.41) is 10.9. The van der Waals surface area contributed by atoms with Gasteiger partial charge in [0.15, 0.2) is 11.2 Å². The molecule has 1 saturated heterocycles. The highest BCUT2D eigenvalue weighted by Crippen LogP contribution is 2.28. The highest BCUT2D eigenvalue weighted by Gasteiger charge is 2.24. The number of morpholine rings is 1. The van der Waals surface area contributed by atoms with Gasteiger partial charge in [0, 0.05) is 20.1 Å². The zero-order valence-corrected chi connectivity index (χ0v) is 19.5. The molecule has 1 atom stereocenters. The van der Waals surface area contributed by atoms with Gasteiger partial charge in [0.05, 0.1) is 19.8 Å². The Morgan fingerprint density at radius 2 is 1.97 bits per heavy atom. The zero-order chi connectivity index (χ0) is 23.7. The minimum atomic E-state index is -0.903. The SMILES string of the molecule is Cc1ccc(C(C)C)c(OCC(O)Cn2c(N3CCOCC3)nc3c2c(=O)[nH]c(=O)n3C)c1. The van der Waals surface area contributed by atoms with E-state index in [0.717, 1.165) is 16.9 Å². The molecule has 1 unspecified atom stereocenters. The number of hydrogen-bond donors (Lipinski definition) is 2. The first-order chi connectivity index (χ1) is 15.8. The molecule has 1 aliphatic rings. The van der Waals surface area contributed by atoms with E-state index in [1.165, 1.54) is 4.57 Å². The molecule has 10 heteroatoms. The fourth-order valence-corrected chi connectivity index (χ4v) is 4.09. The van der Waals surface area contributed by atoms with Crippen molar-refractivity contribution in [1.82, 2.24) is 19.1 Å². The van der Waals surface area contributed by atoms with Crippen LogP contribution in [0.5, 0.6) is 5.75 Å². The lowest BCUT2D eigenvalue weighted by Gasteiger charge is -2.28. The number of benzene rings is 1. The Hall–Kier alpha value is -3.11. The molecular formula is C23H31N5O5. The van der Waals surface area contributed by atoms with Crippen molar-refractivity contribution in [3.8, 4) is 5.75 Å². The minimum absolute atomic E-state index is 0.0507. The quantitative estimate of drug-likeness (QED) is 0.547. The van der Waals surface area contributed by atoms with Crippen LogP contribution in [0.3, 0.4) is 0 Å². The Kier molecular flexibility index (Phi) is 6.57. The van der Waals surface area contributed by atoms with Gasteiger partial charge in [-0.3, -0.25) is 14.3 Å². The number of ether oxygens (including phenoxy) is 2. The van der Waals surface area contributed by atoms with Gasteiger partial charge in [-0.2, -0.15) is 4.98 Å². The Morgan fingerprint density at radius 1 is 1.24 bits per heavy atom. The van der Waals surface area contributed by atoms with E-state index in [0.29, 0.717) is 32.3 Å². The predicted octanol–water partition coefficient (Wildman–Crippen LogP) is 1.13. The van der Waals surface area contributed by atoms with Crippen molar-refractivity contribution in [1.29, 1.82) is 0 Å². The van der Waals surface area contributed by atoms with E-state index < -0.39 is 17.4 Å². The lowest BCUT2D eigenvalue weighted by atomic mass is 10.0. The molecule has 0 bridgehead atoms. The van der Waals surface area contributed by atoms with Gasteiger partial charge in [-0.05, 0) is 30.0 Å². The maximum absolute atomic E-state index is 12.7. The van der Waals surface area contributed by atoms with Gasteiger partial charge in [0.2, 0.25) is 5.95 Å². The molecule has 2 aromatic heterocycles. The van der Waals surface area contributed by atoms with E-state index in [1.807, 2.05) is 30.0 Å². The number of imidazole rings is 1. The van der Waals surface area contributed by atoms with Crippen molar-refractivity contribution in [3.05, 3.63) is 50.2 Å². The van der Waals surface area contributed by atoms with Gasteiger partial charge in [-0.25, -0.2) is 4.79 Å². The zero-order valence-electron chi connectivity index (χ0n) is 19.5. The second-order valence-electron chi connectivity index (χ2n) is 8.77. The van der Waals surface area contributed by atoms with Gasteiger partial charge < -0.3 is 24.0 Å². The molecule has 33 heavy (non-hydrogen) atoms. The van der Waals surface area contributed by atoms with Crippen LogP contribution in [0.15, 0.2) is 27.8 Å². The van der Waals surface area contributed by atoms with E-state index in [1.54, 1.807) is 11.6 Å². The second-order valence-corrected chi connectivity index (χ2v) is 8.77. The maximum atomic E-state index is 12.7. The van der Waals surface area contributed by atoms with Crippen LogP contribution in [0.1, 0.15) is 30.9 Å². The summed E-state index contributed by atoms with van der Waals surface area (Å²) in [5.41, 5.74) is 1.60. The molecule has 3 heterocycles. The molecule has 2 N–H and O–H groups in total. The van der Waals surface area contributed by atoms with Crippen LogP contribution in [0.2, 0.25) is 0 Å². The number of fused-ring (bicyclic) bond motifs is 1. The average molecular weight is 458 g/mol. The Balaban J connectivity index is 1.65. The first kappa shape index (κ1) is 23.1. The minimum Gasteiger partial charge on any atom is -0.491 e. The van der Waals surface area contributed by atoms with Crippen molar-refractivity contribution in [2.75, 3.05) is 37.8 Å². The van der Waals surface area contributed by atoms with E-state index in [2.05, 4.69) is 23.8 Å². The Labute approximate surface area is 191 Å². The molecule has 0 amide bonds. The van der Waals surface area contributed by atoms with Gasteiger partial charge in [-0.15, -0.1) is 0 Å². The standard InChI is InChI=1S/C23H31N5O5/c1-14(2)17-6-5-15(3)11-18(17)33-13-16(29)12-28-19-20(26(4)23(31)25-21(19)30)24-22(28)27-7-9-32-10-8-27/h5-6,11,14,16,29H,7-10,12-13H2,1-4H3,(H,25,30,31). The number of nitrogens with zero attached hydrogens (tertiary/aromatic N) is 4. The molecule has 10 nitrogen and oxygen atoms in total. The van der Waals surface area contributed by atoms with Gasteiger partial charge in [0.1, 0.15) is 18.5 Å². The van der Waals surface area contributed by atoms with Crippen LogP contribution < -0.4 is 20.9 Å². The monoisotopic (exact) mass is 457 g/mol. The molecule has 0 aliphatic carbocycles. The first-order valence-corrected chi connectivity index (χ1v) is 11.2. The molecule has 3 aromatic rings. The molecule has 0 spiro atoms. The van der Waals surface area contributed by atoms with E-state index in [-0.39, 0.29) is 30.2 Å². The number of anilines is 1. The number of aliphatic hydroxyl groups is 1. The summed E-state index contributed by atoms with van der Waals surface area (Å²) in [7, 11) is 1.56. The molecule has 178 valence electrons. The molecule has 0 radical (unpaired) electrons. The Bertz CT molecular complexity index is 1250. The number of hydrogen-bond acceptors (Lipinski definition) is 7. The van der Waals surface area contributed by atoms with Crippen LogP contribution in [0.4, 0.5) is 5.95 Å². The van der Waals surface area contributed by atoms with E-state index in [4.69, 9.17) is 9.47 Å². The van der Waals surface area contributed by atoms with Crippen molar-refractivity contribution in [2.24, 2.45) is 7.05 Å². The van der Waals surface area contributed by atoms with Crippen LogP contribution in [0, 0.1) is 6.92 Å². The number of rotatable bonds is 7. The van der Waals surface area contributed by atoms with Crippen LogP contribution >= 0.6 is 0 Å². The molecule has 1 fully saturated rings. The number of aromatic amines is 1. The summed E-state index contributed by atoms with van der Waals surface area (Å²) in [4.78, 5) is 33.7. The maximum Gasteiger partial charge on any atom is 0.329 e. The van der Waals surface area contributed by atoms with E-state index in [9.17, 15) is 14.7 Å². The summed E-state index contributed by atoms with van der Waals surface area (Å²) in [5.74, 6) is 1.55. The van der Waals surface area contributed by atoms with Crippen LogP contribution in [-0.2, 0) is 18.3 Å². The lowest BCUT2D eigenvalue weighted by Crippen LogP contribution is -2.39. The molecule has 4 rings (SSSR count). The van der Waals surface area contributed by atoms with Crippen molar-refractivity contribution in [3.63, 3.8) is 0 Å². The summed E-state index contributed by atoms with van der Waals surface area (Å²) < 4.78 is 14.4. The molecular weight excluding hydrogens is 426 g/mol. The topological polar surface area (TPSA) is 115 Å². The summed E-state index contributed by atoms with van der Waals surface area (Å²) in [6.07, 6.45) is -0.903. The highest BCUT2D eigenvalue weighted by molar-refractivity contribution is 5.74. The Morgan fingerprint density at radius 3 is 2.67 bits per heavy atom. The summed E-state index contributed by atoms with van der Waals surface area (Å²) in [6, 6.07) is 6.05. The third-order valence-electron chi connectivity index (χ3n) is 5.90. The third kappa shape index (κ3) is 4.67. The highest BCUT2D eigenvalue weighted by atomic mass is 16.5. The second kappa shape index (κ2) is 9.40. The molecule has 0 saturated carbocycles. The smallest absolute Gasteiger partial charge is 0.329 e. The van der Waals surface area contributed by atoms with E-state index >= 15 is 0 Å². The fraction of sp³-hybridized carbons (Fsp3) is 0.522. The number of aliphatic hydroxyl groups excluding tert-OH is 1. The fourth-order valence-electron chi connectivity index (χ4n) is 4.09. The summed E-state index contributed by atoms with van der Waals surface area (Å²) >= 11 is 0. The van der Waals surface area contributed by atoms with Gasteiger partial charge >= 0.3 is 5.69 Å². The predicted molar refractivity (Wildman–Crippen MR) is 125 cm³/mol. The first-order valence-electron chi connectivity index (χ1n) is 11.2. The van der Waals surface area contributed by atoms with Crippen molar-refractivity contribution >= 4 is 17.1 Å². The molecule has 1 aliphatic heterocycles. The number of aryl methyl sites for hydroxylation is 2. The number of nitrogens with one attached hydrogen (secondary N) is 1. The van der Waals surface area contributed by atoms with Crippen LogP contribution in [0.25, 0.3) is 11.2 Å². The van der Waals surface area contributed by atoms with Crippen LogP contribution in [-0.4, -0.2) is 63.2 Å². The van der Waals surface area contributed by atoms with Crippen molar-refractivity contribution < 1.29 is 14.6 Å². The summed E-state index contributed by atoms with van der Waals surface area (Å²) in [6.45, 7) is 8.60. The lowest BCUT2D eigenvalue weighted by molar-refractivity contribution is 0.0921. The normalized spacial score (nSPS) is 15.4. The molecule has 1 aromatic carbocycles. The average Bonchev–Trinajstić information content (AvgIpc) is 3.16. The number of aromatic nitrogens is 4. The van der Waals surface area contributed by atoms with Gasteiger partial charge in [-0.1, -0.05) is 26.0 Å².